The van der Waals surface area contributed by atoms with Gasteiger partial charge in [0.15, 0.2) is 5.11 Å². The van der Waals surface area contributed by atoms with Crippen molar-refractivity contribution in [3.63, 3.8) is 0 Å². The van der Waals surface area contributed by atoms with Crippen molar-refractivity contribution in [3.05, 3.63) is 65.7 Å². The van der Waals surface area contributed by atoms with Crippen LogP contribution < -0.4 is 5.32 Å². The van der Waals surface area contributed by atoms with E-state index in [0.29, 0.717) is 5.11 Å². The summed E-state index contributed by atoms with van der Waals surface area (Å²) >= 11 is 5.30. The maximum atomic E-state index is 5.30. The fraction of sp³-hybridized carbons (Fsp3) is 0.0667. The van der Waals surface area contributed by atoms with E-state index in [0.717, 1.165) is 22.5 Å². The molecule has 0 bridgehead atoms. The van der Waals surface area contributed by atoms with Gasteiger partial charge in [0.1, 0.15) is 5.71 Å². The van der Waals surface area contributed by atoms with Crippen LogP contribution in [0, 0.1) is 0 Å². The van der Waals surface area contributed by atoms with Crippen LogP contribution >= 0.6 is 12.2 Å². The molecule has 1 N–H and O–H groups in total. The summed E-state index contributed by atoms with van der Waals surface area (Å²) < 4.78 is 0. The molecule has 0 aliphatic carbocycles. The Balaban J connectivity index is 2.21. The molecule has 1 aliphatic rings. The lowest BCUT2D eigenvalue weighted by molar-refractivity contribution is 0.555. The van der Waals surface area contributed by atoms with Gasteiger partial charge in [-0.25, -0.2) is 5.01 Å². The summed E-state index contributed by atoms with van der Waals surface area (Å²) in [6, 6.07) is 18.2. The number of thiocarbonyl (C=S) groups is 1. The number of fused-ring (bicyclic) bond motifs is 1. The lowest BCUT2D eigenvalue weighted by atomic mass is 10.0. The molecule has 0 unspecified atom stereocenters. The Hall–Kier alpha value is -2.20. The number of nitrogens with zero attached hydrogens (tertiary/aromatic N) is 2. The SMILES string of the molecule is CN1N=C(c2ccccc2)c2ccccc2NC1=S. The first-order valence-corrected chi connectivity index (χ1v) is 6.44. The molecule has 0 atom stereocenters. The van der Waals surface area contributed by atoms with Crippen molar-refractivity contribution in [1.29, 1.82) is 0 Å². The number of rotatable bonds is 1. The van der Waals surface area contributed by atoms with Crippen molar-refractivity contribution >= 4 is 28.7 Å². The minimum Gasteiger partial charge on any atom is -0.331 e. The van der Waals surface area contributed by atoms with E-state index in [1.54, 1.807) is 5.01 Å². The molecule has 4 heteroatoms. The zero-order chi connectivity index (χ0) is 13.2. The lowest BCUT2D eigenvalue weighted by Crippen LogP contribution is -2.25. The predicted molar refractivity (Wildman–Crippen MR) is 82.5 cm³/mol. The Morgan fingerprint density at radius 3 is 2.47 bits per heavy atom. The lowest BCUT2D eigenvalue weighted by Gasteiger charge is -2.12. The minimum absolute atomic E-state index is 0.596. The number of hydrazone groups is 1. The molecule has 0 saturated heterocycles. The molecule has 3 nitrogen and oxygen atoms in total. The molecule has 0 aromatic heterocycles. The van der Waals surface area contributed by atoms with Crippen molar-refractivity contribution in [2.24, 2.45) is 5.10 Å². The first kappa shape index (κ1) is 11.9. The molecule has 94 valence electrons. The molecular weight excluding hydrogens is 254 g/mol. The van der Waals surface area contributed by atoms with Crippen LogP contribution in [0.15, 0.2) is 59.7 Å². The van der Waals surface area contributed by atoms with Gasteiger partial charge >= 0.3 is 0 Å². The smallest absolute Gasteiger partial charge is 0.193 e. The second-order valence-electron chi connectivity index (χ2n) is 4.31. The summed E-state index contributed by atoms with van der Waals surface area (Å²) in [6.07, 6.45) is 0. The first-order chi connectivity index (χ1) is 9.25. The summed E-state index contributed by atoms with van der Waals surface area (Å²) in [6.45, 7) is 0. The highest BCUT2D eigenvalue weighted by Gasteiger charge is 2.18. The highest BCUT2D eigenvalue weighted by molar-refractivity contribution is 7.80. The molecule has 0 radical (unpaired) electrons. The summed E-state index contributed by atoms with van der Waals surface area (Å²) in [4.78, 5) is 0. The van der Waals surface area contributed by atoms with Gasteiger partial charge in [0.25, 0.3) is 0 Å². The van der Waals surface area contributed by atoms with Crippen LogP contribution in [-0.4, -0.2) is 22.9 Å². The van der Waals surface area contributed by atoms with Gasteiger partial charge < -0.3 is 5.32 Å². The Kier molecular flexibility index (Phi) is 3.01. The second kappa shape index (κ2) is 4.82. The van der Waals surface area contributed by atoms with Crippen molar-refractivity contribution in [1.82, 2.24) is 5.01 Å². The quantitative estimate of drug-likeness (QED) is 0.805. The van der Waals surface area contributed by atoms with E-state index >= 15 is 0 Å². The van der Waals surface area contributed by atoms with Crippen LogP contribution in [-0.2, 0) is 0 Å². The first-order valence-electron chi connectivity index (χ1n) is 6.04. The third-order valence-corrected chi connectivity index (χ3v) is 3.38. The zero-order valence-corrected chi connectivity index (χ0v) is 11.3. The Morgan fingerprint density at radius 2 is 1.68 bits per heavy atom. The van der Waals surface area contributed by atoms with Crippen LogP contribution in [0.1, 0.15) is 11.1 Å². The van der Waals surface area contributed by atoms with E-state index in [1.165, 1.54) is 0 Å². The maximum Gasteiger partial charge on any atom is 0.193 e. The average Bonchev–Trinajstić information content (AvgIpc) is 2.58. The van der Waals surface area contributed by atoms with Crippen LogP contribution in [0.5, 0.6) is 0 Å². The van der Waals surface area contributed by atoms with Gasteiger partial charge in [0.05, 0.1) is 0 Å². The molecular formula is C15H13N3S. The highest BCUT2D eigenvalue weighted by atomic mass is 32.1. The summed E-state index contributed by atoms with van der Waals surface area (Å²) in [5.41, 5.74) is 4.04. The number of anilines is 1. The van der Waals surface area contributed by atoms with Crippen molar-refractivity contribution in [3.8, 4) is 0 Å². The molecule has 0 amide bonds. The van der Waals surface area contributed by atoms with Gasteiger partial charge in [-0.05, 0) is 18.3 Å². The molecule has 3 rings (SSSR count). The van der Waals surface area contributed by atoms with E-state index in [2.05, 4.69) is 28.6 Å². The number of hydrogen-bond donors (Lipinski definition) is 1. The third kappa shape index (κ3) is 2.22. The van der Waals surface area contributed by atoms with Gasteiger partial charge in [0, 0.05) is 23.9 Å². The van der Waals surface area contributed by atoms with Gasteiger partial charge in [-0.1, -0.05) is 48.5 Å². The summed E-state index contributed by atoms with van der Waals surface area (Å²) in [5.74, 6) is 0. The van der Waals surface area contributed by atoms with Gasteiger partial charge in [-0.3, -0.25) is 0 Å². The summed E-state index contributed by atoms with van der Waals surface area (Å²) in [5, 5.41) is 10.1. The van der Waals surface area contributed by atoms with E-state index in [9.17, 15) is 0 Å². The molecule has 19 heavy (non-hydrogen) atoms. The second-order valence-corrected chi connectivity index (χ2v) is 4.70. The fourth-order valence-corrected chi connectivity index (χ4v) is 2.20. The minimum atomic E-state index is 0.596. The van der Waals surface area contributed by atoms with Crippen molar-refractivity contribution < 1.29 is 0 Å². The van der Waals surface area contributed by atoms with Crippen LogP contribution in [0.25, 0.3) is 0 Å². The molecule has 1 aliphatic heterocycles. The topological polar surface area (TPSA) is 27.6 Å². The molecule has 2 aromatic carbocycles. The molecule has 0 fully saturated rings. The Morgan fingerprint density at radius 1 is 1.00 bits per heavy atom. The third-order valence-electron chi connectivity index (χ3n) is 3.01. The standard InChI is InChI=1S/C15H13N3S/c1-18-15(19)16-13-10-6-5-9-12(13)14(17-18)11-7-3-2-4-8-11/h2-10H,1H3,(H,16,19). The molecule has 0 saturated carbocycles. The largest absolute Gasteiger partial charge is 0.331 e. The Labute approximate surface area is 117 Å². The molecule has 0 spiro atoms. The van der Waals surface area contributed by atoms with Gasteiger partial charge in [0.2, 0.25) is 0 Å². The zero-order valence-electron chi connectivity index (χ0n) is 10.5. The monoisotopic (exact) mass is 267 g/mol. The molecule has 1 heterocycles. The summed E-state index contributed by atoms with van der Waals surface area (Å²) in [7, 11) is 1.85. The van der Waals surface area contributed by atoms with Gasteiger partial charge in [-0.2, -0.15) is 5.10 Å². The number of hydrogen-bond acceptors (Lipinski definition) is 2. The maximum absolute atomic E-state index is 5.30. The Bertz CT molecular complexity index is 649. The number of benzene rings is 2. The van der Waals surface area contributed by atoms with E-state index in [1.807, 2.05) is 43.4 Å². The van der Waals surface area contributed by atoms with Crippen molar-refractivity contribution in [2.45, 2.75) is 0 Å². The number of nitrogens with one attached hydrogen (secondary N) is 1. The molecule has 2 aromatic rings. The van der Waals surface area contributed by atoms with E-state index in [-0.39, 0.29) is 0 Å². The highest BCUT2D eigenvalue weighted by Crippen LogP contribution is 2.23. The fourth-order valence-electron chi connectivity index (χ4n) is 2.05. The van der Waals surface area contributed by atoms with Gasteiger partial charge in [-0.15, -0.1) is 0 Å². The van der Waals surface area contributed by atoms with Crippen LogP contribution in [0.3, 0.4) is 0 Å². The average molecular weight is 267 g/mol. The number of para-hydroxylation sites is 1. The van der Waals surface area contributed by atoms with Crippen molar-refractivity contribution in [2.75, 3.05) is 12.4 Å². The normalized spacial score (nSPS) is 14.3. The van der Waals surface area contributed by atoms with Crippen LogP contribution in [0.2, 0.25) is 0 Å². The van der Waals surface area contributed by atoms with E-state index < -0.39 is 0 Å². The predicted octanol–water partition coefficient (Wildman–Crippen LogP) is 3.08. The van der Waals surface area contributed by atoms with Crippen LogP contribution in [0.4, 0.5) is 5.69 Å². The van der Waals surface area contributed by atoms with E-state index in [4.69, 9.17) is 12.2 Å².